The van der Waals surface area contributed by atoms with Crippen molar-refractivity contribution in [2.75, 3.05) is 4.90 Å². The summed E-state index contributed by atoms with van der Waals surface area (Å²) < 4.78 is 0. The number of benzene rings is 9. The number of fused-ring (bicyclic) bond motifs is 9. The summed E-state index contributed by atoms with van der Waals surface area (Å²) in [6.07, 6.45) is 5.93. The fourth-order valence-corrected chi connectivity index (χ4v) is 12.0. The van der Waals surface area contributed by atoms with Gasteiger partial charge in [-0.15, -0.1) is 0 Å². The molecule has 70 heavy (non-hydrogen) atoms. The van der Waals surface area contributed by atoms with E-state index in [1.165, 1.54) is 89.0 Å². The number of anilines is 3. The van der Waals surface area contributed by atoms with Crippen LogP contribution in [0.2, 0.25) is 0 Å². The molecule has 0 heterocycles. The number of allylic oxidation sites excluding steroid dienone is 4. The highest BCUT2D eigenvalue weighted by molar-refractivity contribution is 6.00. The predicted octanol–water partition coefficient (Wildman–Crippen LogP) is 18.8. The molecule has 0 amide bonds. The average molecular weight is 902 g/mol. The summed E-state index contributed by atoms with van der Waals surface area (Å²) in [6.45, 7) is 14.4. The van der Waals surface area contributed by atoms with Gasteiger partial charge in [0.1, 0.15) is 0 Å². The van der Waals surface area contributed by atoms with Crippen molar-refractivity contribution in [3.05, 3.63) is 264 Å². The smallest absolute Gasteiger partial charge is 0.0697 e. The lowest BCUT2D eigenvalue weighted by Gasteiger charge is -2.43. The van der Waals surface area contributed by atoms with Crippen molar-refractivity contribution in [2.24, 2.45) is 11.3 Å². The highest BCUT2D eigenvalue weighted by atomic mass is 15.1. The zero-order valence-corrected chi connectivity index (χ0v) is 41.2. The number of rotatable bonds is 7. The van der Waals surface area contributed by atoms with E-state index in [0.29, 0.717) is 5.92 Å². The minimum Gasteiger partial charge on any atom is -0.311 e. The van der Waals surface area contributed by atoms with Crippen molar-refractivity contribution in [3.8, 4) is 55.6 Å². The van der Waals surface area contributed by atoms with Crippen LogP contribution >= 0.6 is 0 Å². The Labute approximate surface area is 415 Å². The van der Waals surface area contributed by atoms with Gasteiger partial charge in [0.25, 0.3) is 0 Å². The largest absolute Gasteiger partial charge is 0.311 e. The highest BCUT2D eigenvalue weighted by Crippen LogP contribution is 2.68. The van der Waals surface area contributed by atoms with Crippen molar-refractivity contribution in [1.82, 2.24) is 0 Å². The van der Waals surface area contributed by atoms with E-state index in [2.05, 4.69) is 277 Å². The Kier molecular flexibility index (Phi) is 10.4. The van der Waals surface area contributed by atoms with Gasteiger partial charge in [0.2, 0.25) is 0 Å². The third kappa shape index (κ3) is 7.13. The number of hydrogen-bond acceptors (Lipinski definition) is 1. The second-order valence-electron chi connectivity index (χ2n) is 21.7. The van der Waals surface area contributed by atoms with Crippen LogP contribution in [-0.2, 0) is 10.8 Å². The van der Waals surface area contributed by atoms with E-state index in [9.17, 15) is 0 Å². The van der Waals surface area contributed by atoms with Crippen molar-refractivity contribution in [2.45, 2.75) is 58.8 Å². The van der Waals surface area contributed by atoms with E-state index in [0.717, 1.165) is 23.5 Å². The van der Waals surface area contributed by atoms with Gasteiger partial charge in [-0.25, -0.2) is 0 Å². The second kappa shape index (κ2) is 16.7. The standard InChI is InChI=1S/C69H59N/c1-67(2,3)53-37-44-59-61-24-16-26-63(68(4,5)6)66(61)69(64(59)45-53)62-25-14-13-21-58(62)60-23-15-22-57(65(60)69)52-35-42-56(43-36-52)70(54-38-31-50(32-39-54)47-19-11-8-12-20-47)55-40-33-51(34-41-55)49-29-27-48(28-30-49)46-17-9-7-10-18-46/h7-25,27-45,63H,26H2,1-6H3. The van der Waals surface area contributed by atoms with Crippen LogP contribution in [0.3, 0.4) is 0 Å². The molecule has 2 unspecified atom stereocenters. The molecule has 1 nitrogen and oxygen atoms in total. The molecule has 3 aliphatic rings. The van der Waals surface area contributed by atoms with Gasteiger partial charge in [-0.3, -0.25) is 0 Å². The predicted molar refractivity (Wildman–Crippen MR) is 297 cm³/mol. The molecule has 0 bridgehead atoms. The molecule has 1 heteroatoms. The van der Waals surface area contributed by atoms with Gasteiger partial charge in [-0.05, 0) is 154 Å². The summed E-state index contributed by atoms with van der Waals surface area (Å²) in [4.78, 5) is 2.40. The van der Waals surface area contributed by atoms with Gasteiger partial charge in [0.15, 0.2) is 0 Å². The molecule has 0 radical (unpaired) electrons. The van der Waals surface area contributed by atoms with Crippen molar-refractivity contribution in [3.63, 3.8) is 0 Å². The Morgan fingerprint density at radius 1 is 0.400 bits per heavy atom. The molecular weight excluding hydrogens is 843 g/mol. The zero-order chi connectivity index (χ0) is 47.8. The lowest BCUT2D eigenvalue weighted by atomic mass is 9.59. The molecule has 1 spiro atoms. The van der Waals surface area contributed by atoms with Crippen LogP contribution in [-0.4, -0.2) is 0 Å². The summed E-state index contributed by atoms with van der Waals surface area (Å²) in [7, 11) is 0. The second-order valence-corrected chi connectivity index (χ2v) is 21.7. The summed E-state index contributed by atoms with van der Waals surface area (Å²) in [5, 5.41) is 0. The third-order valence-electron chi connectivity index (χ3n) is 15.5. The van der Waals surface area contributed by atoms with Crippen molar-refractivity contribution in [1.29, 1.82) is 0 Å². The van der Waals surface area contributed by atoms with E-state index in [4.69, 9.17) is 0 Å². The molecule has 0 aromatic heterocycles. The molecule has 0 N–H and O–H groups in total. The van der Waals surface area contributed by atoms with Gasteiger partial charge in [0.05, 0.1) is 5.41 Å². The van der Waals surface area contributed by atoms with Gasteiger partial charge in [-0.2, -0.15) is 0 Å². The SMILES string of the molecule is CC(C)(C)c1ccc2c(c1)C1(C3=C2C=CCC3C(C)(C)C)c2ccccc2-c2cccc(-c3ccc(N(c4ccc(-c5ccccc5)cc4)c4ccc(-c5ccc(-c6ccccc6)cc5)cc4)cc3)c21. The van der Waals surface area contributed by atoms with E-state index >= 15 is 0 Å². The Hall–Kier alpha value is -7.74. The van der Waals surface area contributed by atoms with Gasteiger partial charge in [0, 0.05) is 17.1 Å². The van der Waals surface area contributed by atoms with Crippen LogP contribution in [0.5, 0.6) is 0 Å². The van der Waals surface area contributed by atoms with Crippen LogP contribution in [0.1, 0.15) is 75.8 Å². The van der Waals surface area contributed by atoms with Crippen LogP contribution in [0, 0.1) is 11.3 Å². The molecular formula is C69H59N. The van der Waals surface area contributed by atoms with E-state index in [1.807, 2.05) is 0 Å². The molecule has 3 aliphatic carbocycles. The fourth-order valence-electron chi connectivity index (χ4n) is 12.0. The van der Waals surface area contributed by atoms with Crippen LogP contribution in [0.15, 0.2) is 236 Å². The molecule has 9 aromatic carbocycles. The Morgan fingerprint density at radius 3 is 1.39 bits per heavy atom. The van der Waals surface area contributed by atoms with E-state index in [1.54, 1.807) is 5.57 Å². The van der Waals surface area contributed by atoms with E-state index < -0.39 is 5.41 Å². The third-order valence-corrected chi connectivity index (χ3v) is 15.5. The summed E-state index contributed by atoms with van der Waals surface area (Å²) in [5.74, 6) is 0.356. The van der Waals surface area contributed by atoms with Crippen molar-refractivity contribution < 1.29 is 0 Å². The first-order valence-electron chi connectivity index (χ1n) is 25.1. The monoisotopic (exact) mass is 901 g/mol. The maximum atomic E-state index is 2.58. The minimum atomic E-state index is -0.439. The Balaban J connectivity index is 0.992. The lowest BCUT2D eigenvalue weighted by Crippen LogP contribution is -2.36. The van der Waals surface area contributed by atoms with Gasteiger partial charge >= 0.3 is 0 Å². The Bertz CT molecular complexity index is 3470. The molecule has 0 saturated carbocycles. The van der Waals surface area contributed by atoms with Crippen molar-refractivity contribution >= 4 is 22.6 Å². The molecule has 9 aromatic rings. The zero-order valence-electron chi connectivity index (χ0n) is 41.2. The van der Waals surface area contributed by atoms with Gasteiger partial charge in [-0.1, -0.05) is 236 Å². The Morgan fingerprint density at radius 2 is 0.857 bits per heavy atom. The molecule has 0 saturated heterocycles. The number of nitrogens with zero attached hydrogens (tertiary/aromatic N) is 1. The molecule has 340 valence electrons. The molecule has 12 rings (SSSR count). The summed E-state index contributed by atoms with van der Waals surface area (Å²) >= 11 is 0. The van der Waals surface area contributed by atoms with E-state index in [-0.39, 0.29) is 10.8 Å². The van der Waals surface area contributed by atoms with Gasteiger partial charge < -0.3 is 4.90 Å². The summed E-state index contributed by atoms with van der Waals surface area (Å²) in [6, 6.07) is 81.4. The molecule has 0 fully saturated rings. The first-order chi connectivity index (χ1) is 34.0. The fraction of sp³-hybridized carbons (Fsp3) is 0.159. The maximum absolute atomic E-state index is 2.58. The van der Waals surface area contributed by atoms with Crippen LogP contribution in [0.25, 0.3) is 61.2 Å². The summed E-state index contributed by atoms with van der Waals surface area (Å²) in [5.41, 5.74) is 25.4. The maximum Gasteiger partial charge on any atom is 0.0697 e. The first kappa shape index (κ1) is 43.5. The highest BCUT2D eigenvalue weighted by Gasteiger charge is 2.57. The molecule has 2 atom stereocenters. The number of hydrogen-bond donors (Lipinski definition) is 0. The van der Waals surface area contributed by atoms with Crippen LogP contribution in [0.4, 0.5) is 17.1 Å². The van der Waals surface area contributed by atoms with Crippen LogP contribution < -0.4 is 4.90 Å². The quantitative estimate of drug-likeness (QED) is 0.154. The average Bonchev–Trinajstić information content (AvgIpc) is 3.87. The topological polar surface area (TPSA) is 3.24 Å². The lowest BCUT2D eigenvalue weighted by molar-refractivity contribution is 0.267. The molecule has 0 aliphatic heterocycles. The normalized spacial score (nSPS) is 16.7. The minimum absolute atomic E-state index is 0.00289. The first-order valence-corrected chi connectivity index (χ1v) is 25.1.